The van der Waals surface area contributed by atoms with E-state index in [0.717, 1.165) is 29.2 Å². The molecule has 0 aliphatic rings. The summed E-state index contributed by atoms with van der Waals surface area (Å²) in [7, 11) is -2.21. The molecular weight excluding hydrogens is 604 g/mol. The van der Waals surface area contributed by atoms with Crippen LogP contribution in [-0.4, -0.2) is 11.7 Å². The normalized spacial score (nSPS) is 11.5. The maximum atomic E-state index is 13.3. The molecule has 0 spiro atoms. The Morgan fingerprint density at radius 1 is 0.757 bits per heavy atom. The van der Waals surface area contributed by atoms with Crippen LogP contribution in [0.25, 0.3) is 0 Å². The van der Waals surface area contributed by atoms with Crippen LogP contribution in [0.5, 0.6) is 0 Å². The number of thioether (sulfide) groups is 1. The highest BCUT2D eigenvalue weighted by Crippen LogP contribution is 2.58. The van der Waals surface area contributed by atoms with Crippen LogP contribution in [0.3, 0.4) is 0 Å². The highest BCUT2D eigenvalue weighted by molar-refractivity contribution is 8.04. The zero-order valence-corrected chi connectivity index (χ0v) is 25.2. The Bertz CT molecular complexity index is 1180. The van der Waals surface area contributed by atoms with Gasteiger partial charge in [-0.1, -0.05) is 85.6 Å². The minimum absolute atomic E-state index is 0. The molecule has 0 atom stereocenters. The van der Waals surface area contributed by atoms with Gasteiger partial charge in [0, 0.05) is 5.56 Å². The molecule has 1 N–H and O–H groups in total. The summed E-state index contributed by atoms with van der Waals surface area (Å²) in [5.74, 6) is 3.24. The molecule has 0 unspecified atom stereocenters. The molecule has 0 aliphatic carbocycles. The standard InChI is InChI=1S/C32H32NOPS.HI/c1-3-4-24-36-31(33-32(34)27-22-20-26(2)21-23-27)25-35(28-14-8-5-9-15-28,29-16-10-6-11-17-29)30-18-12-7-13-19-30;/h5-23,25H,3-4,24H2,1-2H3;1H. The highest BCUT2D eigenvalue weighted by atomic mass is 127. The van der Waals surface area contributed by atoms with Crippen LogP contribution in [0.2, 0.25) is 0 Å². The summed E-state index contributed by atoms with van der Waals surface area (Å²) in [4.78, 5) is 13.3. The van der Waals surface area contributed by atoms with Crippen LogP contribution >= 0.6 is 19.0 Å². The van der Waals surface area contributed by atoms with Gasteiger partial charge in [0.15, 0.2) is 0 Å². The third-order valence-corrected chi connectivity index (χ3v) is 11.3. The molecule has 0 fully saturated rings. The number of hydrogen-bond acceptors (Lipinski definition) is 2. The second-order valence-corrected chi connectivity index (χ2v) is 13.1. The molecule has 4 aromatic carbocycles. The number of benzene rings is 4. The van der Waals surface area contributed by atoms with Gasteiger partial charge in [-0.2, -0.15) is 0 Å². The molecule has 1 amide bonds. The Kier molecular flexibility index (Phi) is 11.4. The molecule has 0 saturated carbocycles. The lowest BCUT2D eigenvalue weighted by Crippen LogP contribution is -3.00. The molecule has 0 aliphatic heterocycles. The maximum Gasteiger partial charge on any atom is 0.256 e. The first kappa shape index (κ1) is 29.2. The van der Waals surface area contributed by atoms with E-state index in [-0.39, 0.29) is 29.9 Å². The smallest absolute Gasteiger partial charge is 0.256 e. The van der Waals surface area contributed by atoms with Crippen LogP contribution in [0, 0.1) is 6.92 Å². The molecule has 0 heterocycles. The number of unbranched alkanes of at least 4 members (excludes halogenated alkanes) is 1. The Hall–Kier alpha value is -2.40. The second-order valence-electron chi connectivity index (χ2n) is 8.74. The van der Waals surface area contributed by atoms with Crippen LogP contribution in [-0.2, 0) is 0 Å². The summed E-state index contributed by atoms with van der Waals surface area (Å²) < 4.78 is 0. The number of carbonyl (C=O) groups is 1. The van der Waals surface area contributed by atoms with E-state index in [4.69, 9.17) is 0 Å². The van der Waals surface area contributed by atoms with Crippen molar-refractivity contribution in [1.82, 2.24) is 5.32 Å². The molecule has 190 valence electrons. The van der Waals surface area contributed by atoms with Gasteiger partial charge in [-0.05, 0) is 67.6 Å². The topological polar surface area (TPSA) is 29.1 Å². The van der Waals surface area contributed by atoms with E-state index >= 15 is 0 Å². The fourth-order valence-corrected chi connectivity index (χ4v) is 9.43. The number of carbonyl (C=O) groups excluding carboxylic acids is 1. The summed E-state index contributed by atoms with van der Waals surface area (Å²) in [5, 5.41) is 8.00. The average molecular weight is 638 g/mol. The van der Waals surface area contributed by atoms with Gasteiger partial charge in [-0.15, -0.1) is 11.8 Å². The molecule has 37 heavy (non-hydrogen) atoms. The zero-order chi connectivity index (χ0) is 25.2. The number of aryl methyl sites for hydroxylation is 1. The summed E-state index contributed by atoms with van der Waals surface area (Å²) >= 11 is 1.74. The SMILES string of the molecule is CCCCSC(=C[P+](c1ccccc1)(c1ccccc1)c1ccccc1)NC(=O)c1ccc(C)cc1.[I-]. The van der Waals surface area contributed by atoms with E-state index in [1.54, 1.807) is 11.8 Å². The van der Waals surface area contributed by atoms with E-state index < -0.39 is 7.26 Å². The minimum Gasteiger partial charge on any atom is -1.00 e. The van der Waals surface area contributed by atoms with Gasteiger partial charge in [0.05, 0.1) is 0 Å². The molecule has 4 rings (SSSR count). The lowest BCUT2D eigenvalue weighted by atomic mass is 10.1. The summed E-state index contributed by atoms with van der Waals surface area (Å²) in [6.45, 7) is 4.23. The lowest BCUT2D eigenvalue weighted by molar-refractivity contribution is -0.0000154. The summed E-state index contributed by atoms with van der Waals surface area (Å²) in [5.41, 5.74) is 1.81. The molecular formula is C32H33INOPS. The van der Waals surface area contributed by atoms with Crippen molar-refractivity contribution in [2.45, 2.75) is 26.7 Å². The van der Waals surface area contributed by atoms with Crippen molar-refractivity contribution in [2.75, 3.05) is 5.75 Å². The first-order valence-electron chi connectivity index (χ1n) is 12.4. The van der Waals surface area contributed by atoms with Gasteiger partial charge < -0.3 is 29.3 Å². The third kappa shape index (κ3) is 7.34. The third-order valence-electron chi connectivity index (χ3n) is 6.11. The van der Waals surface area contributed by atoms with Crippen molar-refractivity contribution in [3.05, 3.63) is 137 Å². The van der Waals surface area contributed by atoms with Gasteiger partial charge in [0.1, 0.15) is 34.0 Å². The first-order chi connectivity index (χ1) is 17.6. The average Bonchev–Trinajstić information content (AvgIpc) is 2.93. The van der Waals surface area contributed by atoms with Crippen molar-refractivity contribution in [1.29, 1.82) is 0 Å². The quantitative estimate of drug-likeness (QED) is 0.162. The van der Waals surface area contributed by atoms with Crippen LogP contribution in [0.15, 0.2) is 126 Å². The molecule has 5 heteroatoms. The molecule has 0 radical (unpaired) electrons. The van der Waals surface area contributed by atoms with Gasteiger partial charge in [-0.25, -0.2) is 0 Å². The Morgan fingerprint density at radius 2 is 1.22 bits per heavy atom. The highest BCUT2D eigenvalue weighted by Gasteiger charge is 2.44. The van der Waals surface area contributed by atoms with E-state index in [9.17, 15) is 4.79 Å². The number of nitrogens with one attached hydrogen (secondary N) is 1. The Labute approximate surface area is 243 Å². The number of halogens is 1. The van der Waals surface area contributed by atoms with Crippen LogP contribution in [0.1, 0.15) is 35.7 Å². The molecule has 0 aromatic heterocycles. The van der Waals surface area contributed by atoms with Gasteiger partial charge in [0.2, 0.25) is 0 Å². The van der Waals surface area contributed by atoms with Crippen LogP contribution in [0.4, 0.5) is 0 Å². The first-order valence-corrected chi connectivity index (χ1v) is 15.3. The van der Waals surface area contributed by atoms with Gasteiger partial charge in [-0.3, -0.25) is 4.79 Å². The van der Waals surface area contributed by atoms with Crippen LogP contribution < -0.4 is 45.2 Å². The van der Waals surface area contributed by atoms with Crippen molar-refractivity contribution in [2.24, 2.45) is 0 Å². The summed E-state index contributed by atoms with van der Waals surface area (Å²) in [6.07, 6.45) is 2.21. The summed E-state index contributed by atoms with van der Waals surface area (Å²) in [6, 6.07) is 39.9. The number of hydrogen-bond donors (Lipinski definition) is 1. The lowest BCUT2D eigenvalue weighted by Gasteiger charge is -2.25. The van der Waals surface area contributed by atoms with Crippen molar-refractivity contribution in [3.63, 3.8) is 0 Å². The van der Waals surface area contributed by atoms with Crippen molar-refractivity contribution >= 4 is 40.8 Å². The second kappa shape index (κ2) is 14.5. The fourth-order valence-electron chi connectivity index (χ4n) is 4.16. The fraction of sp³-hybridized carbons (Fsp3) is 0.156. The predicted molar refractivity (Wildman–Crippen MR) is 159 cm³/mol. The molecule has 2 nitrogen and oxygen atoms in total. The van der Waals surface area contributed by atoms with Crippen molar-refractivity contribution < 1.29 is 28.8 Å². The molecule has 0 bridgehead atoms. The minimum atomic E-state index is -2.21. The number of amides is 1. The van der Waals surface area contributed by atoms with E-state index in [1.165, 1.54) is 15.9 Å². The maximum absolute atomic E-state index is 13.3. The monoisotopic (exact) mass is 637 g/mol. The predicted octanol–water partition coefficient (Wildman–Crippen LogP) is 4.06. The molecule has 0 saturated heterocycles. The van der Waals surface area contributed by atoms with E-state index in [0.29, 0.717) is 5.56 Å². The van der Waals surface area contributed by atoms with E-state index in [1.807, 2.05) is 31.2 Å². The number of rotatable bonds is 10. The van der Waals surface area contributed by atoms with Gasteiger partial charge >= 0.3 is 0 Å². The zero-order valence-electron chi connectivity index (χ0n) is 21.3. The largest absolute Gasteiger partial charge is 1.00 e. The Balaban J connectivity index is 0.00000380. The van der Waals surface area contributed by atoms with Crippen molar-refractivity contribution in [3.8, 4) is 0 Å². The van der Waals surface area contributed by atoms with Gasteiger partial charge in [0.25, 0.3) is 5.91 Å². The molecule has 4 aromatic rings. The van der Waals surface area contributed by atoms with E-state index in [2.05, 4.69) is 109 Å². The Morgan fingerprint density at radius 3 is 1.65 bits per heavy atom.